The second-order valence-corrected chi connectivity index (χ2v) is 5.16. The fraction of sp³-hybridized carbons (Fsp3) is 1.00. The molecule has 88 valence electrons. The molecule has 2 saturated heterocycles. The number of hydrogen-bond donors (Lipinski definition) is 2. The largest absolute Gasteiger partial charge is 0.383 e. The van der Waals surface area contributed by atoms with Crippen molar-refractivity contribution in [1.82, 2.24) is 10.6 Å². The van der Waals surface area contributed by atoms with Crippen LogP contribution in [0.25, 0.3) is 0 Å². The highest BCUT2D eigenvalue weighted by Crippen LogP contribution is 2.29. The first-order chi connectivity index (χ1) is 7.35. The molecule has 15 heavy (non-hydrogen) atoms. The van der Waals surface area contributed by atoms with Gasteiger partial charge in [-0.2, -0.15) is 0 Å². The fourth-order valence-electron chi connectivity index (χ4n) is 3.10. The smallest absolute Gasteiger partial charge is 0.0644 e. The van der Waals surface area contributed by atoms with Crippen LogP contribution in [0.5, 0.6) is 0 Å². The number of piperidine rings is 1. The number of ether oxygens (including phenoxy) is 1. The molecule has 0 aromatic carbocycles. The maximum absolute atomic E-state index is 5.41. The van der Waals surface area contributed by atoms with E-state index in [1.807, 2.05) is 7.11 Å². The molecule has 2 heterocycles. The van der Waals surface area contributed by atoms with Crippen molar-refractivity contribution in [3.05, 3.63) is 0 Å². The summed E-state index contributed by atoms with van der Waals surface area (Å²) < 4.78 is 5.41. The highest BCUT2D eigenvalue weighted by Gasteiger charge is 2.34. The van der Waals surface area contributed by atoms with Crippen molar-refractivity contribution >= 4 is 0 Å². The molecule has 2 unspecified atom stereocenters. The summed E-state index contributed by atoms with van der Waals surface area (Å²) in [6.45, 7) is 4.45. The van der Waals surface area contributed by atoms with Gasteiger partial charge in [-0.1, -0.05) is 6.42 Å². The average Bonchev–Trinajstić information content (AvgIpc) is 2.72. The standard InChI is InChI=1S/C12H24N2O/c1-15-10-12(5-2-3-6-14-12)8-11-4-7-13-9-11/h11,13-14H,2-10H2,1H3. The highest BCUT2D eigenvalue weighted by atomic mass is 16.5. The Morgan fingerprint density at radius 3 is 2.87 bits per heavy atom. The van der Waals surface area contributed by atoms with Crippen LogP contribution in [0.4, 0.5) is 0 Å². The second-order valence-electron chi connectivity index (χ2n) is 5.16. The van der Waals surface area contributed by atoms with Crippen LogP contribution in [0.15, 0.2) is 0 Å². The minimum atomic E-state index is 0.281. The molecule has 2 rings (SSSR count). The molecule has 0 amide bonds. The molecular formula is C12H24N2O. The van der Waals surface area contributed by atoms with Crippen molar-refractivity contribution in [2.45, 2.75) is 37.6 Å². The third-order valence-corrected chi connectivity index (χ3v) is 3.84. The lowest BCUT2D eigenvalue weighted by Gasteiger charge is -2.39. The molecule has 2 N–H and O–H groups in total. The van der Waals surface area contributed by atoms with E-state index < -0.39 is 0 Å². The van der Waals surface area contributed by atoms with Gasteiger partial charge in [0, 0.05) is 12.6 Å². The predicted molar refractivity (Wildman–Crippen MR) is 62.1 cm³/mol. The third-order valence-electron chi connectivity index (χ3n) is 3.84. The van der Waals surface area contributed by atoms with Gasteiger partial charge in [-0.25, -0.2) is 0 Å². The fourth-order valence-corrected chi connectivity index (χ4v) is 3.10. The van der Waals surface area contributed by atoms with Gasteiger partial charge in [0.05, 0.1) is 6.61 Å². The first-order valence-electron chi connectivity index (χ1n) is 6.29. The van der Waals surface area contributed by atoms with Crippen molar-refractivity contribution in [3.63, 3.8) is 0 Å². The van der Waals surface area contributed by atoms with Crippen LogP contribution >= 0.6 is 0 Å². The Morgan fingerprint density at radius 2 is 2.27 bits per heavy atom. The van der Waals surface area contributed by atoms with E-state index in [4.69, 9.17) is 4.74 Å². The van der Waals surface area contributed by atoms with Gasteiger partial charge in [0.25, 0.3) is 0 Å². The molecule has 0 radical (unpaired) electrons. The summed E-state index contributed by atoms with van der Waals surface area (Å²) in [5, 5.41) is 7.16. The van der Waals surface area contributed by atoms with E-state index >= 15 is 0 Å². The Balaban J connectivity index is 1.90. The van der Waals surface area contributed by atoms with Gasteiger partial charge in [-0.15, -0.1) is 0 Å². The van der Waals surface area contributed by atoms with Gasteiger partial charge in [-0.3, -0.25) is 0 Å². The number of methoxy groups -OCH3 is 1. The molecule has 2 aliphatic rings. The topological polar surface area (TPSA) is 33.3 Å². The summed E-state index contributed by atoms with van der Waals surface area (Å²) in [6.07, 6.45) is 6.60. The van der Waals surface area contributed by atoms with E-state index in [-0.39, 0.29) is 5.54 Å². The lowest BCUT2D eigenvalue weighted by molar-refractivity contribution is 0.0733. The van der Waals surface area contributed by atoms with Crippen LogP contribution in [0, 0.1) is 5.92 Å². The molecule has 2 fully saturated rings. The summed E-state index contributed by atoms with van der Waals surface area (Å²) in [5.41, 5.74) is 0.281. The van der Waals surface area contributed by atoms with Gasteiger partial charge in [0.15, 0.2) is 0 Å². The zero-order valence-electron chi connectivity index (χ0n) is 9.85. The van der Waals surface area contributed by atoms with Crippen LogP contribution in [-0.4, -0.2) is 38.9 Å². The maximum atomic E-state index is 5.41. The number of hydrogen-bond acceptors (Lipinski definition) is 3. The Morgan fingerprint density at radius 1 is 1.33 bits per heavy atom. The monoisotopic (exact) mass is 212 g/mol. The first-order valence-corrected chi connectivity index (χ1v) is 6.29. The van der Waals surface area contributed by atoms with E-state index in [9.17, 15) is 0 Å². The van der Waals surface area contributed by atoms with Crippen molar-refractivity contribution in [1.29, 1.82) is 0 Å². The molecule has 3 nitrogen and oxygen atoms in total. The minimum Gasteiger partial charge on any atom is -0.383 e. The van der Waals surface area contributed by atoms with E-state index in [0.29, 0.717) is 0 Å². The number of nitrogens with one attached hydrogen (secondary N) is 2. The summed E-state index contributed by atoms with van der Waals surface area (Å²) in [5.74, 6) is 0.853. The molecule has 0 aromatic rings. The van der Waals surface area contributed by atoms with Crippen LogP contribution in [-0.2, 0) is 4.74 Å². The zero-order valence-corrected chi connectivity index (χ0v) is 9.85. The predicted octanol–water partition coefficient (Wildman–Crippen LogP) is 1.14. The van der Waals surface area contributed by atoms with Crippen LogP contribution in [0.3, 0.4) is 0 Å². The van der Waals surface area contributed by atoms with Gasteiger partial charge < -0.3 is 15.4 Å². The van der Waals surface area contributed by atoms with Crippen molar-refractivity contribution in [2.75, 3.05) is 33.4 Å². The quantitative estimate of drug-likeness (QED) is 0.733. The van der Waals surface area contributed by atoms with E-state index in [1.54, 1.807) is 0 Å². The van der Waals surface area contributed by atoms with Crippen molar-refractivity contribution in [3.8, 4) is 0 Å². The molecule has 0 aliphatic carbocycles. The number of rotatable bonds is 4. The average molecular weight is 212 g/mol. The van der Waals surface area contributed by atoms with Gasteiger partial charge in [0.1, 0.15) is 0 Å². The van der Waals surface area contributed by atoms with Crippen molar-refractivity contribution < 1.29 is 4.74 Å². The highest BCUT2D eigenvalue weighted by molar-refractivity contribution is 4.94. The molecule has 0 bridgehead atoms. The molecule has 3 heteroatoms. The normalized spacial score (nSPS) is 37.0. The second kappa shape index (κ2) is 5.28. The summed E-state index contributed by atoms with van der Waals surface area (Å²) in [7, 11) is 1.82. The minimum absolute atomic E-state index is 0.281. The first kappa shape index (κ1) is 11.4. The summed E-state index contributed by atoms with van der Waals surface area (Å²) in [6, 6.07) is 0. The van der Waals surface area contributed by atoms with Crippen LogP contribution in [0.2, 0.25) is 0 Å². The Bertz CT molecular complexity index is 179. The van der Waals surface area contributed by atoms with Gasteiger partial charge in [-0.05, 0) is 51.2 Å². The third kappa shape index (κ3) is 2.92. The summed E-state index contributed by atoms with van der Waals surface area (Å²) in [4.78, 5) is 0. The Kier molecular flexibility index (Phi) is 4.00. The van der Waals surface area contributed by atoms with E-state index in [1.165, 1.54) is 51.7 Å². The molecule has 0 saturated carbocycles. The Labute approximate surface area is 93.0 Å². The molecule has 0 aromatic heterocycles. The molecule has 0 spiro atoms. The van der Waals surface area contributed by atoms with Gasteiger partial charge >= 0.3 is 0 Å². The molecular weight excluding hydrogens is 188 g/mol. The van der Waals surface area contributed by atoms with Crippen molar-refractivity contribution in [2.24, 2.45) is 5.92 Å². The lowest BCUT2D eigenvalue weighted by atomic mass is 9.81. The molecule has 2 atom stereocenters. The SMILES string of the molecule is COCC1(CC2CCNC2)CCCCN1. The Hall–Kier alpha value is -0.120. The summed E-state index contributed by atoms with van der Waals surface area (Å²) >= 11 is 0. The van der Waals surface area contributed by atoms with Crippen LogP contribution < -0.4 is 10.6 Å². The zero-order chi connectivity index (χ0) is 10.6. The van der Waals surface area contributed by atoms with E-state index in [0.717, 1.165) is 12.5 Å². The van der Waals surface area contributed by atoms with Gasteiger partial charge in [0.2, 0.25) is 0 Å². The maximum Gasteiger partial charge on any atom is 0.0644 e. The van der Waals surface area contributed by atoms with Crippen LogP contribution in [0.1, 0.15) is 32.1 Å². The molecule has 2 aliphatic heterocycles. The lowest BCUT2D eigenvalue weighted by Crippen LogP contribution is -2.53. The van der Waals surface area contributed by atoms with E-state index in [2.05, 4.69) is 10.6 Å².